The Morgan fingerprint density at radius 3 is 2.58 bits per heavy atom. The predicted octanol–water partition coefficient (Wildman–Crippen LogP) is 2.70. The molecule has 0 aliphatic rings. The number of amides is 1. The SMILES string of the molecule is O=C(/C=C/[C@H](Oc1ccccc1)[C@@H](O)c1cc(Br)ccc1O)NO. The second-order valence-electron chi connectivity index (χ2n) is 4.88. The Labute approximate surface area is 147 Å². The normalized spacial score (nSPS) is 13.5. The van der Waals surface area contributed by atoms with Gasteiger partial charge in [0.15, 0.2) is 0 Å². The number of benzene rings is 2. The Kier molecular flexibility index (Phi) is 6.36. The zero-order valence-corrected chi connectivity index (χ0v) is 14.1. The lowest BCUT2D eigenvalue weighted by Gasteiger charge is -2.22. The highest BCUT2D eigenvalue weighted by Crippen LogP contribution is 2.31. The highest BCUT2D eigenvalue weighted by Gasteiger charge is 2.24. The molecule has 1 amide bonds. The van der Waals surface area contributed by atoms with Crippen molar-refractivity contribution in [1.82, 2.24) is 5.48 Å². The van der Waals surface area contributed by atoms with Crippen LogP contribution in [-0.2, 0) is 4.79 Å². The number of halogens is 1. The van der Waals surface area contributed by atoms with Crippen LogP contribution in [0.1, 0.15) is 11.7 Å². The van der Waals surface area contributed by atoms with Crippen LogP contribution in [0.25, 0.3) is 0 Å². The molecule has 0 spiro atoms. The smallest absolute Gasteiger partial charge is 0.267 e. The molecule has 2 atom stereocenters. The van der Waals surface area contributed by atoms with Crippen molar-refractivity contribution < 1.29 is 25.0 Å². The molecule has 2 rings (SSSR count). The molecule has 2 aromatic rings. The van der Waals surface area contributed by atoms with Gasteiger partial charge in [-0.25, -0.2) is 5.48 Å². The summed E-state index contributed by atoms with van der Waals surface area (Å²) >= 11 is 3.28. The van der Waals surface area contributed by atoms with E-state index in [1.54, 1.807) is 36.4 Å². The number of para-hydroxylation sites is 1. The summed E-state index contributed by atoms with van der Waals surface area (Å²) in [4.78, 5) is 11.2. The maximum Gasteiger partial charge on any atom is 0.267 e. The average molecular weight is 394 g/mol. The highest BCUT2D eigenvalue weighted by atomic mass is 79.9. The van der Waals surface area contributed by atoms with Crippen molar-refractivity contribution in [3.63, 3.8) is 0 Å². The molecular formula is C17H16BrNO5. The zero-order valence-electron chi connectivity index (χ0n) is 12.5. The van der Waals surface area contributed by atoms with Crippen molar-refractivity contribution >= 4 is 21.8 Å². The van der Waals surface area contributed by atoms with Crippen molar-refractivity contribution in [2.24, 2.45) is 0 Å². The Bertz CT molecular complexity index is 720. The summed E-state index contributed by atoms with van der Waals surface area (Å²) in [6.45, 7) is 0. The van der Waals surface area contributed by atoms with Gasteiger partial charge in [0.05, 0.1) is 0 Å². The molecular weight excluding hydrogens is 378 g/mol. The lowest BCUT2D eigenvalue weighted by atomic mass is 10.0. The van der Waals surface area contributed by atoms with Crippen LogP contribution in [0, 0.1) is 0 Å². The molecule has 2 aromatic carbocycles. The van der Waals surface area contributed by atoms with E-state index in [4.69, 9.17) is 9.94 Å². The van der Waals surface area contributed by atoms with Gasteiger partial charge in [-0.1, -0.05) is 34.1 Å². The van der Waals surface area contributed by atoms with Gasteiger partial charge in [-0.3, -0.25) is 10.0 Å². The first-order valence-corrected chi connectivity index (χ1v) is 7.81. The summed E-state index contributed by atoms with van der Waals surface area (Å²) in [7, 11) is 0. The van der Waals surface area contributed by atoms with Gasteiger partial charge < -0.3 is 14.9 Å². The zero-order chi connectivity index (χ0) is 17.5. The number of phenols is 1. The minimum absolute atomic E-state index is 0.104. The Morgan fingerprint density at radius 2 is 1.92 bits per heavy atom. The number of nitrogens with one attached hydrogen (secondary N) is 1. The van der Waals surface area contributed by atoms with Gasteiger partial charge in [0.2, 0.25) is 0 Å². The molecule has 6 nitrogen and oxygen atoms in total. The first kappa shape index (κ1) is 18.0. The van der Waals surface area contributed by atoms with Crippen LogP contribution in [-0.4, -0.2) is 27.4 Å². The van der Waals surface area contributed by atoms with E-state index in [9.17, 15) is 15.0 Å². The quantitative estimate of drug-likeness (QED) is 0.343. The third-order valence-electron chi connectivity index (χ3n) is 3.18. The van der Waals surface area contributed by atoms with Crippen LogP contribution < -0.4 is 10.2 Å². The predicted molar refractivity (Wildman–Crippen MR) is 90.7 cm³/mol. The third-order valence-corrected chi connectivity index (χ3v) is 3.68. The minimum Gasteiger partial charge on any atom is -0.508 e. The van der Waals surface area contributed by atoms with Gasteiger partial charge in [-0.15, -0.1) is 0 Å². The molecule has 24 heavy (non-hydrogen) atoms. The number of aliphatic hydroxyl groups is 1. The number of ether oxygens (including phenoxy) is 1. The van der Waals surface area contributed by atoms with E-state index < -0.39 is 18.1 Å². The lowest BCUT2D eigenvalue weighted by molar-refractivity contribution is -0.124. The number of carbonyl (C=O) groups is 1. The van der Waals surface area contributed by atoms with Crippen molar-refractivity contribution in [2.75, 3.05) is 0 Å². The van der Waals surface area contributed by atoms with Gasteiger partial charge in [0.25, 0.3) is 5.91 Å². The van der Waals surface area contributed by atoms with E-state index in [0.717, 1.165) is 6.08 Å². The first-order valence-electron chi connectivity index (χ1n) is 7.01. The summed E-state index contributed by atoms with van der Waals surface area (Å²) in [5.74, 6) is -0.389. The average Bonchev–Trinajstić information content (AvgIpc) is 2.60. The molecule has 0 saturated carbocycles. The maximum absolute atomic E-state index is 11.2. The number of aliphatic hydroxyl groups excluding tert-OH is 1. The van der Waals surface area contributed by atoms with Crippen LogP contribution in [0.3, 0.4) is 0 Å². The fraction of sp³-hybridized carbons (Fsp3) is 0.118. The largest absolute Gasteiger partial charge is 0.508 e. The molecule has 0 heterocycles. The second-order valence-corrected chi connectivity index (χ2v) is 5.79. The van der Waals surface area contributed by atoms with E-state index in [1.807, 2.05) is 6.07 Å². The summed E-state index contributed by atoms with van der Waals surface area (Å²) in [5, 5.41) is 29.1. The third kappa shape index (κ3) is 4.82. The summed E-state index contributed by atoms with van der Waals surface area (Å²) < 4.78 is 6.37. The minimum atomic E-state index is -1.24. The van der Waals surface area contributed by atoms with Crippen molar-refractivity contribution in [2.45, 2.75) is 12.2 Å². The van der Waals surface area contributed by atoms with Crippen molar-refractivity contribution in [1.29, 1.82) is 0 Å². The Morgan fingerprint density at radius 1 is 1.21 bits per heavy atom. The van der Waals surface area contributed by atoms with Gasteiger partial charge in [-0.05, 0) is 36.4 Å². The van der Waals surface area contributed by atoms with E-state index in [1.165, 1.54) is 17.6 Å². The molecule has 126 valence electrons. The lowest BCUT2D eigenvalue weighted by Crippen LogP contribution is -2.25. The van der Waals surface area contributed by atoms with Crippen molar-refractivity contribution in [3.8, 4) is 11.5 Å². The number of carbonyl (C=O) groups excluding carboxylic acids is 1. The van der Waals surface area contributed by atoms with E-state index >= 15 is 0 Å². The fourth-order valence-corrected chi connectivity index (χ4v) is 2.40. The number of hydroxylamine groups is 1. The summed E-state index contributed by atoms with van der Waals surface area (Å²) in [5.41, 5.74) is 1.70. The topological polar surface area (TPSA) is 99.0 Å². The molecule has 0 fully saturated rings. The molecule has 0 saturated heterocycles. The summed E-state index contributed by atoms with van der Waals surface area (Å²) in [6, 6.07) is 13.4. The molecule has 0 aliphatic heterocycles. The van der Waals surface area contributed by atoms with Crippen molar-refractivity contribution in [3.05, 3.63) is 70.7 Å². The number of hydrogen-bond donors (Lipinski definition) is 4. The number of aromatic hydroxyl groups is 1. The maximum atomic E-state index is 11.2. The first-order chi connectivity index (χ1) is 11.5. The van der Waals surface area contributed by atoms with Crippen LogP contribution in [0.4, 0.5) is 0 Å². The van der Waals surface area contributed by atoms with Crippen LogP contribution in [0.15, 0.2) is 65.2 Å². The van der Waals surface area contributed by atoms with Gasteiger partial charge in [0.1, 0.15) is 23.7 Å². The fourth-order valence-electron chi connectivity index (χ4n) is 2.02. The van der Waals surface area contributed by atoms with E-state index in [2.05, 4.69) is 15.9 Å². The number of phenolic OH excluding ortho intramolecular Hbond substituents is 1. The van der Waals surface area contributed by atoms with Gasteiger partial charge in [0, 0.05) is 16.1 Å². The van der Waals surface area contributed by atoms with E-state index in [0.29, 0.717) is 10.2 Å². The molecule has 0 aliphatic carbocycles. The van der Waals surface area contributed by atoms with Gasteiger partial charge in [-0.2, -0.15) is 0 Å². The number of rotatable bonds is 6. The Hall–Kier alpha value is -2.35. The van der Waals surface area contributed by atoms with Crippen LogP contribution in [0.5, 0.6) is 11.5 Å². The monoisotopic (exact) mass is 393 g/mol. The van der Waals surface area contributed by atoms with Gasteiger partial charge >= 0.3 is 0 Å². The van der Waals surface area contributed by atoms with Crippen LogP contribution in [0.2, 0.25) is 0 Å². The van der Waals surface area contributed by atoms with Crippen LogP contribution >= 0.6 is 15.9 Å². The highest BCUT2D eigenvalue weighted by molar-refractivity contribution is 9.10. The molecule has 0 unspecified atom stereocenters. The Balaban J connectivity index is 2.31. The molecule has 7 heteroatoms. The number of hydrogen-bond acceptors (Lipinski definition) is 5. The second kappa shape index (κ2) is 8.49. The molecule has 0 bridgehead atoms. The van der Waals surface area contributed by atoms with E-state index in [-0.39, 0.29) is 11.3 Å². The summed E-state index contributed by atoms with van der Waals surface area (Å²) in [6.07, 6.45) is 0.116. The molecule has 0 aromatic heterocycles. The molecule has 0 radical (unpaired) electrons. The molecule has 4 N–H and O–H groups in total. The standard InChI is InChI=1S/C17H16BrNO5/c18-11-6-7-14(20)13(10-11)17(22)15(8-9-16(21)19-23)24-12-4-2-1-3-5-12/h1-10,15,17,20,22-23H,(H,19,21)/b9-8+/t15-,17-/m0/s1.